The summed E-state index contributed by atoms with van der Waals surface area (Å²) in [5.41, 5.74) is 7.36. The molecule has 0 saturated carbocycles. The minimum atomic E-state index is -0.466. The number of primary amides is 1. The molecule has 7 heteroatoms. The molecule has 0 atom stereocenters. The zero-order chi connectivity index (χ0) is 20.1. The molecule has 3 rings (SSSR count). The van der Waals surface area contributed by atoms with E-state index in [1.165, 1.54) is 0 Å². The molecule has 7 nitrogen and oxygen atoms in total. The molecule has 0 unspecified atom stereocenters. The summed E-state index contributed by atoms with van der Waals surface area (Å²) in [7, 11) is 3.16. The lowest BCUT2D eigenvalue weighted by Crippen LogP contribution is -2.35. The number of nitrogens with zero attached hydrogens (tertiary/aromatic N) is 1. The van der Waals surface area contributed by atoms with Crippen LogP contribution < -0.4 is 20.1 Å². The van der Waals surface area contributed by atoms with Gasteiger partial charge in [-0.1, -0.05) is 0 Å². The van der Waals surface area contributed by atoms with Crippen molar-refractivity contribution in [3.8, 4) is 11.5 Å². The van der Waals surface area contributed by atoms with Crippen LogP contribution in [0.25, 0.3) is 11.0 Å². The fraction of sp³-hybridized carbons (Fsp3) is 0.238. The molecule has 0 aliphatic heterocycles. The first-order chi connectivity index (χ1) is 13.5. The molecule has 0 saturated heterocycles. The van der Waals surface area contributed by atoms with Crippen LogP contribution in [0, 0.1) is 0 Å². The molecule has 0 aliphatic carbocycles. The van der Waals surface area contributed by atoms with Crippen molar-refractivity contribution in [2.24, 2.45) is 5.73 Å². The number of fused-ring (bicyclic) bond motifs is 1. The second-order valence-electron chi connectivity index (χ2n) is 6.26. The number of furan rings is 1. The minimum absolute atomic E-state index is 0.0705. The Morgan fingerprint density at radius 1 is 1.04 bits per heavy atom. The lowest BCUT2D eigenvalue weighted by molar-refractivity contribution is -0.118. The molecule has 1 heterocycles. The zero-order valence-corrected chi connectivity index (χ0v) is 15.8. The van der Waals surface area contributed by atoms with Crippen molar-refractivity contribution in [1.29, 1.82) is 0 Å². The molecule has 0 spiro atoms. The van der Waals surface area contributed by atoms with Gasteiger partial charge in [0.1, 0.15) is 17.1 Å². The molecule has 0 bridgehead atoms. The van der Waals surface area contributed by atoms with Crippen LogP contribution in [-0.2, 0) is 16.0 Å². The average molecular weight is 382 g/mol. The summed E-state index contributed by atoms with van der Waals surface area (Å²) in [5.74, 6) is 0.735. The fourth-order valence-electron chi connectivity index (χ4n) is 2.97. The summed E-state index contributed by atoms with van der Waals surface area (Å²) in [4.78, 5) is 25.8. The van der Waals surface area contributed by atoms with Crippen molar-refractivity contribution in [2.75, 3.05) is 25.7 Å². The Kier molecular flexibility index (Phi) is 5.84. The van der Waals surface area contributed by atoms with E-state index >= 15 is 0 Å². The van der Waals surface area contributed by atoms with E-state index in [4.69, 9.17) is 19.6 Å². The van der Waals surface area contributed by atoms with E-state index in [1.54, 1.807) is 55.7 Å². The predicted octanol–water partition coefficient (Wildman–Crippen LogP) is 2.90. The van der Waals surface area contributed by atoms with Gasteiger partial charge < -0.3 is 24.5 Å². The highest BCUT2D eigenvalue weighted by Gasteiger charge is 2.19. The Balaban J connectivity index is 1.85. The lowest BCUT2D eigenvalue weighted by atomic mass is 10.1. The second-order valence-corrected chi connectivity index (χ2v) is 6.26. The van der Waals surface area contributed by atoms with E-state index in [0.717, 1.165) is 10.9 Å². The summed E-state index contributed by atoms with van der Waals surface area (Å²) < 4.78 is 15.9. The average Bonchev–Trinajstić information content (AvgIpc) is 3.10. The van der Waals surface area contributed by atoms with Crippen molar-refractivity contribution >= 4 is 28.5 Å². The maximum Gasteiger partial charge on any atom is 0.231 e. The van der Waals surface area contributed by atoms with Gasteiger partial charge in [-0.05, 0) is 36.4 Å². The van der Waals surface area contributed by atoms with Gasteiger partial charge in [-0.2, -0.15) is 0 Å². The van der Waals surface area contributed by atoms with Crippen LogP contribution in [-0.4, -0.2) is 32.6 Å². The largest absolute Gasteiger partial charge is 0.497 e. The van der Waals surface area contributed by atoms with Gasteiger partial charge in [-0.25, -0.2) is 0 Å². The van der Waals surface area contributed by atoms with E-state index in [-0.39, 0.29) is 25.3 Å². The van der Waals surface area contributed by atoms with E-state index < -0.39 is 5.91 Å². The Morgan fingerprint density at radius 2 is 1.71 bits per heavy atom. The third-order valence-electron chi connectivity index (χ3n) is 4.47. The monoisotopic (exact) mass is 382 g/mol. The minimum Gasteiger partial charge on any atom is -0.497 e. The van der Waals surface area contributed by atoms with Crippen molar-refractivity contribution in [3.63, 3.8) is 0 Å². The molecule has 3 aromatic rings. The number of anilines is 1. The van der Waals surface area contributed by atoms with Gasteiger partial charge in [-0.15, -0.1) is 0 Å². The normalized spacial score (nSPS) is 10.6. The third kappa shape index (κ3) is 4.25. The van der Waals surface area contributed by atoms with E-state index in [9.17, 15) is 9.59 Å². The van der Waals surface area contributed by atoms with Crippen LogP contribution in [0.5, 0.6) is 11.5 Å². The first-order valence-electron chi connectivity index (χ1n) is 8.78. The number of benzene rings is 2. The molecule has 146 valence electrons. The number of amides is 2. The number of rotatable bonds is 8. The fourth-order valence-corrected chi connectivity index (χ4v) is 2.97. The highest BCUT2D eigenvalue weighted by molar-refractivity contribution is 5.97. The Bertz CT molecular complexity index is 978. The Labute approximate surface area is 162 Å². The van der Waals surface area contributed by atoms with E-state index in [0.29, 0.717) is 22.8 Å². The molecule has 2 aromatic carbocycles. The zero-order valence-electron chi connectivity index (χ0n) is 15.8. The van der Waals surface area contributed by atoms with Crippen LogP contribution in [0.4, 0.5) is 5.69 Å². The van der Waals surface area contributed by atoms with Gasteiger partial charge in [0.05, 0.1) is 26.9 Å². The summed E-state index contributed by atoms with van der Waals surface area (Å²) in [6.45, 7) is 0.199. The summed E-state index contributed by atoms with van der Waals surface area (Å²) >= 11 is 0. The molecule has 0 radical (unpaired) electrons. The second kappa shape index (κ2) is 8.47. The van der Waals surface area contributed by atoms with Crippen molar-refractivity contribution in [1.82, 2.24) is 0 Å². The first kappa shape index (κ1) is 19.3. The van der Waals surface area contributed by atoms with Gasteiger partial charge in [0.2, 0.25) is 11.8 Å². The molecule has 0 fully saturated rings. The number of hydrogen-bond acceptors (Lipinski definition) is 5. The van der Waals surface area contributed by atoms with Gasteiger partial charge in [-0.3, -0.25) is 9.59 Å². The predicted molar refractivity (Wildman–Crippen MR) is 106 cm³/mol. The summed E-state index contributed by atoms with van der Waals surface area (Å²) in [6, 6.07) is 12.5. The number of hydrogen-bond donors (Lipinski definition) is 1. The number of methoxy groups -OCH3 is 2. The molecule has 0 aliphatic rings. The van der Waals surface area contributed by atoms with Crippen LogP contribution in [0.15, 0.2) is 53.1 Å². The van der Waals surface area contributed by atoms with Crippen LogP contribution in [0.2, 0.25) is 0 Å². The van der Waals surface area contributed by atoms with Gasteiger partial charge in [0, 0.05) is 35.7 Å². The maximum atomic E-state index is 13.0. The quantitative estimate of drug-likeness (QED) is 0.646. The highest BCUT2D eigenvalue weighted by Crippen LogP contribution is 2.27. The molecule has 28 heavy (non-hydrogen) atoms. The van der Waals surface area contributed by atoms with Gasteiger partial charge in [0.15, 0.2) is 0 Å². The number of carbonyl (C=O) groups is 2. The topological polar surface area (TPSA) is 95.0 Å². The molecular weight excluding hydrogens is 360 g/mol. The lowest BCUT2D eigenvalue weighted by Gasteiger charge is -2.22. The number of carbonyl (C=O) groups excluding carboxylic acids is 2. The Hall–Kier alpha value is -3.48. The molecule has 2 N–H and O–H groups in total. The van der Waals surface area contributed by atoms with Crippen LogP contribution >= 0.6 is 0 Å². The molecular formula is C21H22N2O5. The van der Waals surface area contributed by atoms with Crippen molar-refractivity contribution in [2.45, 2.75) is 12.8 Å². The smallest absolute Gasteiger partial charge is 0.231 e. The molecule has 2 amide bonds. The SMILES string of the molecule is COc1ccc(N(CCC(N)=O)C(=O)Cc2coc3cc(OC)ccc23)cc1. The van der Waals surface area contributed by atoms with Crippen LogP contribution in [0.1, 0.15) is 12.0 Å². The van der Waals surface area contributed by atoms with E-state index in [2.05, 4.69) is 0 Å². The van der Waals surface area contributed by atoms with Gasteiger partial charge >= 0.3 is 0 Å². The van der Waals surface area contributed by atoms with E-state index in [1.807, 2.05) is 12.1 Å². The Morgan fingerprint density at radius 3 is 2.36 bits per heavy atom. The number of ether oxygens (including phenoxy) is 2. The summed E-state index contributed by atoms with van der Waals surface area (Å²) in [5, 5.41) is 0.846. The summed E-state index contributed by atoms with van der Waals surface area (Å²) in [6.07, 6.45) is 1.77. The van der Waals surface area contributed by atoms with Crippen molar-refractivity contribution in [3.05, 3.63) is 54.3 Å². The van der Waals surface area contributed by atoms with Gasteiger partial charge in [0.25, 0.3) is 0 Å². The number of nitrogens with two attached hydrogens (primary N) is 1. The highest BCUT2D eigenvalue weighted by atomic mass is 16.5. The van der Waals surface area contributed by atoms with Crippen LogP contribution in [0.3, 0.4) is 0 Å². The van der Waals surface area contributed by atoms with Crippen molar-refractivity contribution < 1.29 is 23.5 Å². The standard InChI is InChI=1S/C21H22N2O5/c1-26-16-5-3-15(4-6-16)23(10-9-20(22)24)21(25)11-14-13-28-19-12-17(27-2)7-8-18(14)19/h3-8,12-13H,9-11H2,1-2H3,(H2,22,24). The maximum absolute atomic E-state index is 13.0. The molecule has 1 aromatic heterocycles. The third-order valence-corrected chi connectivity index (χ3v) is 4.47. The first-order valence-corrected chi connectivity index (χ1v) is 8.78.